The fourth-order valence-electron chi connectivity index (χ4n) is 3.26. The standard InChI is InChI=1S/2C13H22N4O3S.2ClH/c2*1-14-13(9-17(18)19)15-6-7-21-10-12-5-4-11(20-12)8-16(2)3;;/h2*4-5,9,14-15H,6-8,10H2,1-3H3;2*1H/b2*13-9-;;. The number of nitrogens with one attached hydrogen (secondary N) is 4. The SMILES string of the molecule is CN/C(=C/[N+](=O)[O-])NCCSCc1ccc(CN(C)C)o1.CN/C(=C/[N+](=O)[O-])NCCSCc1ccc(CN(C)C)o1.Cl.Cl. The smallest absolute Gasteiger partial charge is 0.274 e. The molecule has 0 atom stereocenters. The number of rotatable bonds is 20. The van der Waals surface area contributed by atoms with Gasteiger partial charge in [-0.15, -0.1) is 24.8 Å². The molecule has 0 aromatic carbocycles. The molecule has 0 spiro atoms. The van der Waals surface area contributed by atoms with Crippen molar-refractivity contribution in [3.8, 4) is 0 Å². The van der Waals surface area contributed by atoms with Crippen LogP contribution in [0, 0.1) is 20.2 Å². The Labute approximate surface area is 280 Å². The van der Waals surface area contributed by atoms with E-state index in [0.29, 0.717) is 24.7 Å². The van der Waals surface area contributed by atoms with Gasteiger partial charge in [0, 0.05) is 38.7 Å². The van der Waals surface area contributed by atoms with Crippen LogP contribution < -0.4 is 21.3 Å². The molecule has 0 saturated carbocycles. The Morgan fingerprint density at radius 3 is 1.36 bits per heavy atom. The summed E-state index contributed by atoms with van der Waals surface area (Å²) in [5.41, 5.74) is 0. The predicted molar refractivity (Wildman–Crippen MR) is 183 cm³/mol. The first kappa shape index (κ1) is 43.4. The predicted octanol–water partition coefficient (Wildman–Crippen LogP) is 3.76. The Balaban J connectivity index is 0. The summed E-state index contributed by atoms with van der Waals surface area (Å²) in [5.74, 6) is 7.89. The summed E-state index contributed by atoms with van der Waals surface area (Å²) in [6.07, 6.45) is 1.84. The minimum Gasteiger partial charge on any atom is -0.464 e. The highest BCUT2D eigenvalue weighted by atomic mass is 35.5. The zero-order chi connectivity index (χ0) is 31.3. The zero-order valence-corrected chi connectivity index (χ0v) is 29.3. The van der Waals surface area contributed by atoms with Crippen LogP contribution in [0.25, 0.3) is 0 Å². The number of nitrogens with zero attached hydrogens (tertiary/aromatic N) is 4. The molecule has 0 unspecified atom stereocenters. The van der Waals surface area contributed by atoms with Gasteiger partial charge in [0.2, 0.25) is 0 Å². The van der Waals surface area contributed by atoms with Gasteiger partial charge in [-0.3, -0.25) is 20.2 Å². The maximum Gasteiger partial charge on any atom is 0.274 e. The number of thioether (sulfide) groups is 2. The molecule has 2 aromatic rings. The van der Waals surface area contributed by atoms with E-state index in [4.69, 9.17) is 8.83 Å². The van der Waals surface area contributed by atoms with E-state index in [2.05, 4.69) is 31.1 Å². The first-order valence-corrected chi connectivity index (χ1v) is 15.5. The molecule has 4 N–H and O–H groups in total. The molecule has 2 heterocycles. The average molecular weight is 702 g/mol. The molecular weight excluding hydrogens is 655 g/mol. The van der Waals surface area contributed by atoms with E-state index in [1.807, 2.05) is 52.5 Å². The maximum atomic E-state index is 10.3. The number of halogens is 2. The van der Waals surface area contributed by atoms with Gasteiger partial charge in [-0.2, -0.15) is 23.5 Å². The first-order valence-electron chi connectivity index (χ1n) is 13.2. The van der Waals surface area contributed by atoms with Gasteiger partial charge >= 0.3 is 0 Å². The Bertz CT molecular complexity index is 1050. The molecule has 0 amide bonds. The summed E-state index contributed by atoms with van der Waals surface area (Å²) < 4.78 is 11.4. The lowest BCUT2D eigenvalue weighted by molar-refractivity contribution is -0.404. The van der Waals surface area contributed by atoms with Crippen molar-refractivity contribution in [1.82, 2.24) is 31.1 Å². The summed E-state index contributed by atoms with van der Waals surface area (Å²) >= 11 is 3.43. The quantitative estimate of drug-likeness (QED) is 0.0895. The van der Waals surface area contributed by atoms with Gasteiger partial charge < -0.3 is 39.9 Å². The van der Waals surface area contributed by atoms with E-state index < -0.39 is 9.85 Å². The van der Waals surface area contributed by atoms with Gasteiger partial charge in [0.25, 0.3) is 12.4 Å². The first-order chi connectivity index (χ1) is 20.0. The molecule has 2 aromatic heterocycles. The largest absolute Gasteiger partial charge is 0.464 e. The fourth-order valence-corrected chi connectivity index (χ4v) is 4.76. The monoisotopic (exact) mass is 700 g/mol. The Kier molecular flexibility index (Phi) is 25.2. The van der Waals surface area contributed by atoms with Gasteiger partial charge in [0.15, 0.2) is 11.6 Å². The van der Waals surface area contributed by atoms with Gasteiger partial charge in [-0.05, 0) is 52.5 Å². The van der Waals surface area contributed by atoms with Crippen LogP contribution in [0.15, 0.2) is 57.1 Å². The minimum atomic E-state index is -0.485. The van der Waals surface area contributed by atoms with Gasteiger partial charge in [0.05, 0.1) is 34.4 Å². The minimum absolute atomic E-state index is 0. The molecule has 18 heteroatoms. The van der Waals surface area contributed by atoms with Crippen molar-refractivity contribution in [2.75, 3.05) is 66.9 Å². The zero-order valence-electron chi connectivity index (χ0n) is 26.0. The lowest BCUT2D eigenvalue weighted by Crippen LogP contribution is -2.26. The second kappa shape index (κ2) is 25.6. The second-order valence-corrected chi connectivity index (χ2v) is 11.5. The van der Waals surface area contributed by atoms with Crippen molar-refractivity contribution in [1.29, 1.82) is 0 Å². The molecule has 44 heavy (non-hydrogen) atoms. The molecule has 0 aliphatic heterocycles. The molecule has 252 valence electrons. The third-order valence-electron chi connectivity index (χ3n) is 5.00. The Morgan fingerprint density at radius 1 is 0.727 bits per heavy atom. The highest BCUT2D eigenvalue weighted by molar-refractivity contribution is 7.98. The molecule has 0 radical (unpaired) electrons. The summed E-state index contributed by atoms with van der Waals surface area (Å²) in [6.45, 7) is 2.89. The normalized spacial score (nSPS) is 11.2. The van der Waals surface area contributed by atoms with Crippen molar-refractivity contribution in [3.05, 3.63) is 91.6 Å². The van der Waals surface area contributed by atoms with Crippen molar-refractivity contribution < 1.29 is 18.7 Å². The lowest BCUT2D eigenvalue weighted by Gasteiger charge is -2.07. The summed E-state index contributed by atoms with van der Waals surface area (Å²) in [7, 11) is 11.3. The average Bonchev–Trinajstić information content (AvgIpc) is 3.55. The van der Waals surface area contributed by atoms with Crippen LogP contribution in [0.2, 0.25) is 0 Å². The Hall–Kier alpha value is -2.76. The highest BCUT2D eigenvalue weighted by Gasteiger charge is 2.05. The lowest BCUT2D eigenvalue weighted by atomic mass is 10.4. The Morgan fingerprint density at radius 2 is 1.07 bits per heavy atom. The molecule has 0 fully saturated rings. The van der Waals surface area contributed by atoms with Crippen LogP contribution in [-0.4, -0.2) is 86.5 Å². The van der Waals surface area contributed by atoms with E-state index >= 15 is 0 Å². The third kappa shape index (κ3) is 21.9. The van der Waals surface area contributed by atoms with Crippen molar-refractivity contribution in [2.45, 2.75) is 24.6 Å². The molecule has 14 nitrogen and oxygen atoms in total. The van der Waals surface area contributed by atoms with Crippen molar-refractivity contribution in [3.63, 3.8) is 0 Å². The molecule has 0 saturated heterocycles. The molecule has 0 bridgehead atoms. The van der Waals surface area contributed by atoms with Gasteiger partial charge in [-0.25, -0.2) is 0 Å². The molecular formula is C26H46Cl2N8O6S2. The van der Waals surface area contributed by atoms with E-state index in [1.54, 1.807) is 37.6 Å². The van der Waals surface area contributed by atoms with Crippen LogP contribution in [0.4, 0.5) is 0 Å². The van der Waals surface area contributed by atoms with Gasteiger partial charge in [0.1, 0.15) is 23.0 Å². The van der Waals surface area contributed by atoms with Gasteiger partial charge in [-0.1, -0.05) is 0 Å². The van der Waals surface area contributed by atoms with E-state index in [1.165, 1.54) is 0 Å². The van der Waals surface area contributed by atoms with E-state index in [9.17, 15) is 20.2 Å². The number of nitro groups is 2. The topological polar surface area (TPSA) is 167 Å². The van der Waals surface area contributed by atoms with E-state index in [0.717, 1.165) is 71.5 Å². The van der Waals surface area contributed by atoms with Crippen molar-refractivity contribution in [2.24, 2.45) is 0 Å². The van der Waals surface area contributed by atoms with Crippen molar-refractivity contribution >= 4 is 48.3 Å². The van der Waals surface area contributed by atoms with Crippen LogP contribution >= 0.6 is 48.3 Å². The second-order valence-electron chi connectivity index (χ2n) is 9.33. The summed E-state index contributed by atoms with van der Waals surface area (Å²) in [5, 5.41) is 32.1. The third-order valence-corrected chi connectivity index (χ3v) is 6.96. The van der Waals surface area contributed by atoms with Crippen LogP contribution in [0.3, 0.4) is 0 Å². The van der Waals surface area contributed by atoms with Crippen LogP contribution in [0.5, 0.6) is 0 Å². The van der Waals surface area contributed by atoms with Crippen LogP contribution in [-0.2, 0) is 24.6 Å². The number of furan rings is 2. The van der Waals surface area contributed by atoms with Crippen LogP contribution in [0.1, 0.15) is 23.0 Å². The molecule has 0 aliphatic carbocycles. The number of hydrogen-bond acceptors (Lipinski definition) is 14. The molecule has 0 aliphatic rings. The molecule has 2 rings (SSSR count). The number of hydrogen-bond donors (Lipinski definition) is 4. The summed E-state index contributed by atoms with van der Waals surface area (Å²) in [6, 6.07) is 7.97. The highest BCUT2D eigenvalue weighted by Crippen LogP contribution is 2.17. The maximum absolute atomic E-state index is 10.3. The fraction of sp³-hybridized carbons (Fsp3) is 0.538. The van der Waals surface area contributed by atoms with E-state index in [-0.39, 0.29) is 24.8 Å². The summed E-state index contributed by atoms with van der Waals surface area (Å²) in [4.78, 5) is 23.8.